The maximum atomic E-state index is 12.3. The summed E-state index contributed by atoms with van der Waals surface area (Å²) in [6, 6.07) is 18.5. The van der Waals surface area contributed by atoms with Crippen LogP contribution < -0.4 is 5.32 Å². The van der Waals surface area contributed by atoms with Crippen LogP contribution in [0.1, 0.15) is 21.8 Å². The number of benzene rings is 2. The fourth-order valence-corrected chi connectivity index (χ4v) is 4.44. The number of amides is 1. The SMILES string of the molecule is Cc1ccc(NC(=O)Cc2nc(CN3CCN(Cc4ccccc4)CC3)cs2)cc1. The average Bonchev–Trinajstić information content (AvgIpc) is 3.18. The predicted octanol–water partition coefficient (Wildman–Crippen LogP) is 3.95. The van der Waals surface area contributed by atoms with Gasteiger partial charge in [-0.3, -0.25) is 14.6 Å². The summed E-state index contributed by atoms with van der Waals surface area (Å²) in [5.41, 5.74) is 4.45. The first-order valence-electron chi connectivity index (χ1n) is 10.4. The van der Waals surface area contributed by atoms with Gasteiger partial charge in [0.05, 0.1) is 12.1 Å². The minimum absolute atomic E-state index is 0.0192. The van der Waals surface area contributed by atoms with Crippen LogP contribution in [-0.4, -0.2) is 46.9 Å². The first-order valence-corrected chi connectivity index (χ1v) is 11.3. The van der Waals surface area contributed by atoms with Gasteiger partial charge >= 0.3 is 0 Å². The first-order chi connectivity index (χ1) is 14.6. The van der Waals surface area contributed by atoms with Crippen molar-refractivity contribution in [3.8, 4) is 0 Å². The molecule has 0 saturated carbocycles. The zero-order valence-corrected chi connectivity index (χ0v) is 18.2. The number of carbonyl (C=O) groups excluding carboxylic acids is 1. The van der Waals surface area contributed by atoms with E-state index in [1.54, 1.807) is 11.3 Å². The lowest BCUT2D eigenvalue weighted by Gasteiger charge is -2.34. The van der Waals surface area contributed by atoms with Crippen LogP contribution in [0.2, 0.25) is 0 Å². The van der Waals surface area contributed by atoms with Crippen molar-refractivity contribution in [1.82, 2.24) is 14.8 Å². The van der Waals surface area contributed by atoms with Gasteiger partial charge in [-0.1, -0.05) is 48.0 Å². The van der Waals surface area contributed by atoms with Gasteiger partial charge in [0.2, 0.25) is 5.91 Å². The second-order valence-electron chi connectivity index (χ2n) is 7.86. The first kappa shape index (κ1) is 20.7. The van der Waals surface area contributed by atoms with Crippen molar-refractivity contribution in [3.05, 3.63) is 81.8 Å². The number of piperazine rings is 1. The van der Waals surface area contributed by atoms with E-state index in [0.29, 0.717) is 6.42 Å². The molecule has 4 rings (SSSR count). The summed E-state index contributed by atoms with van der Waals surface area (Å²) in [6.07, 6.45) is 0.323. The molecule has 0 atom stereocenters. The standard InChI is InChI=1S/C24H28N4OS/c1-19-7-9-21(10-8-19)25-23(29)15-24-26-22(18-30-24)17-28-13-11-27(12-14-28)16-20-5-3-2-4-6-20/h2-10,18H,11-17H2,1H3,(H,25,29). The van der Waals surface area contributed by atoms with Crippen LogP contribution in [0, 0.1) is 6.92 Å². The molecule has 1 amide bonds. The van der Waals surface area contributed by atoms with Gasteiger partial charge in [0.15, 0.2) is 0 Å². The molecule has 30 heavy (non-hydrogen) atoms. The second kappa shape index (κ2) is 9.98. The molecule has 1 aliphatic rings. The largest absolute Gasteiger partial charge is 0.326 e. The van der Waals surface area contributed by atoms with E-state index in [0.717, 1.165) is 55.7 Å². The van der Waals surface area contributed by atoms with Crippen LogP contribution in [0.15, 0.2) is 60.0 Å². The van der Waals surface area contributed by atoms with E-state index < -0.39 is 0 Å². The monoisotopic (exact) mass is 420 g/mol. The van der Waals surface area contributed by atoms with Crippen LogP contribution >= 0.6 is 11.3 Å². The Morgan fingerprint density at radius 3 is 2.33 bits per heavy atom. The molecule has 3 aromatic rings. The van der Waals surface area contributed by atoms with Crippen molar-refractivity contribution in [2.45, 2.75) is 26.4 Å². The molecule has 0 radical (unpaired) electrons. The molecule has 1 saturated heterocycles. The number of aryl methyl sites for hydroxylation is 1. The Kier molecular flexibility index (Phi) is 6.89. The Labute approximate surface area is 182 Å². The molecule has 2 heterocycles. The van der Waals surface area contributed by atoms with Crippen LogP contribution in [0.5, 0.6) is 0 Å². The topological polar surface area (TPSA) is 48.5 Å². The molecule has 6 heteroatoms. The Morgan fingerprint density at radius 2 is 1.63 bits per heavy atom. The fraction of sp³-hybridized carbons (Fsp3) is 0.333. The van der Waals surface area contributed by atoms with Crippen molar-refractivity contribution in [3.63, 3.8) is 0 Å². The maximum Gasteiger partial charge on any atom is 0.231 e. The molecule has 5 nitrogen and oxygen atoms in total. The van der Waals surface area contributed by atoms with Gasteiger partial charge in [-0.05, 0) is 24.6 Å². The highest BCUT2D eigenvalue weighted by Crippen LogP contribution is 2.16. The maximum absolute atomic E-state index is 12.3. The van der Waals surface area contributed by atoms with Gasteiger partial charge in [0.25, 0.3) is 0 Å². The Hall–Kier alpha value is -2.54. The van der Waals surface area contributed by atoms with Crippen molar-refractivity contribution < 1.29 is 4.79 Å². The van der Waals surface area contributed by atoms with Crippen molar-refractivity contribution in [2.24, 2.45) is 0 Å². The summed E-state index contributed by atoms with van der Waals surface area (Å²) in [7, 11) is 0. The molecule has 0 bridgehead atoms. The van der Waals surface area contributed by atoms with E-state index in [4.69, 9.17) is 0 Å². The van der Waals surface area contributed by atoms with Crippen LogP contribution in [0.3, 0.4) is 0 Å². The fourth-order valence-electron chi connectivity index (χ4n) is 3.66. The molecule has 156 valence electrons. The molecule has 1 aliphatic heterocycles. The number of nitrogens with one attached hydrogen (secondary N) is 1. The Morgan fingerprint density at radius 1 is 0.967 bits per heavy atom. The number of carbonyl (C=O) groups is 1. The quantitative estimate of drug-likeness (QED) is 0.629. The Balaban J connectivity index is 1.22. The molecular weight excluding hydrogens is 392 g/mol. The van der Waals surface area contributed by atoms with Crippen molar-refractivity contribution >= 4 is 22.9 Å². The van der Waals surface area contributed by atoms with E-state index in [9.17, 15) is 4.79 Å². The molecule has 0 aliphatic carbocycles. The molecule has 1 fully saturated rings. The number of anilines is 1. The van der Waals surface area contributed by atoms with Gasteiger partial charge in [-0.2, -0.15) is 0 Å². The molecule has 2 aromatic carbocycles. The molecule has 1 N–H and O–H groups in total. The number of rotatable bonds is 7. The zero-order valence-electron chi connectivity index (χ0n) is 17.4. The van der Waals surface area contributed by atoms with Crippen LogP contribution in [-0.2, 0) is 24.3 Å². The van der Waals surface area contributed by atoms with E-state index in [2.05, 4.69) is 55.8 Å². The van der Waals surface area contributed by atoms with Gasteiger partial charge in [0.1, 0.15) is 5.01 Å². The molecule has 0 spiro atoms. The Bertz CT molecular complexity index is 947. The second-order valence-corrected chi connectivity index (χ2v) is 8.80. The van der Waals surface area contributed by atoms with Crippen LogP contribution in [0.4, 0.5) is 5.69 Å². The lowest BCUT2D eigenvalue weighted by Crippen LogP contribution is -2.45. The minimum Gasteiger partial charge on any atom is -0.326 e. The van der Waals surface area contributed by atoms with E-state index in [1.165, 1.54) is 11.1 Å². The normalized spacial score (nSPS) is 15.2. The summed E-state index contributed by atoms with van der Waals surface area (Å²) in [4.78, 5) is 21.9. The van der Waals surface area contributed by atoms with Gasteiger partial charge < -0.3 is 5.32 Å². The van der Waals surface area contributed by atoms with E-state index in [1.807, 2.05) is 31.2 Å². The summed E-state index contributed by atoms with van der Waals surface area (Å²) in [5, 5.41) is 5.91. The third kappa shape index (κ3) is 5.98. The van der Waals surface area contributed by atoms with Crippen molar-refractivity contribution in [1.29, 1.82) is 0 Å². The summed E-state index contributed by atoms with van der Waals surface area (Å²) >= 11 is 1.57. The highest BCUT2D eigenvalue weighted by molar-refractivity contribution is 7.09. The number of thiazole rings is 1. The molecule has 1 aromatic heterocycles. The lowest BCUT2D eigenvalue weighted by atomic mass is 10.2. The number of hydrogen-bond acceptors (Lipinski definition) is 5. The number of aromatic nitrogens is 1. The summed E-state index contributed by atoms with van der Waals surface area (Å²) in [5.74, 6) is -0.0192. The number of nitrogens with zero attached hydrogens (tertiary/aromatic N) is 3. The van der Waals surface area contributed by atoms with Crippen molar-refractivity contribution in [2.75, 3.05) is 31.5 Å². The highest BCUT2D eigenvalue weighted by atomic mass is 32.1. The highest BCUT2D eigenvalue weighted by Gasteiger charge is 2.18. The third-order valence-electron chi connectivity index (χ3n) is 5.35. The third-order valence-corrected chi connectivity index (χ3v) is 6.24. The molecular formula is C24H28N4OS. The molecule has 0 unspecified atom stereocenters. The predicted molar refractivity (Wildman–Crippen MR) is 123 cm³/mol. The number of hydrogen-bond donors (Lipinski definition) is 1. The van der Waals surface area contributed by atoms with E-state index >= 15 is 0 Å². The summed E-state index contributed by atoms with van der Waals surface area (Å²) in [6.45, 7) is 8.16. The van der Waals surface area contributed by atoms with E-state index in [-0.39, 0.29) is 5.91 Å². The lowest BCUT2D eigenvalue weighted by molar-refractivity contribution is -0.115. The van der Waals surface area contributed by atoms with Gasteiger partial charge in [-0.25, -0.2) is 4.98 Å². The average molecular weight is 421 g/mol. The van der Waals surface area contributed by atoms with Crippen LogP contribution in [0.25, 0.3) is 0 Å². The summed E-state index contributed by atoms with van der Waals surface area (Å²) < 4.78 is 0. The smallest absolute Gasteiger partial charge is 0.231 e. The van der Waals surface area contributed by atoms with Gasteiger partial charge in [-0.15, -0.1) is 11.3 Å². The van der Waals surface area contributed by atoms with Gasteiger partial charge in [0, 0.05) is 50.3 Å². The zero-order chi connectivity index (χ0) is 20.8. The minimum atomic E-state index is -0.0192.